The molecule has 1 heterocycles. The summed E-state index contributed by atoms with van der Waals surface area (Å²) in [6.45, 7) is 0. The molecule has 4 heteroatoms. The van der Waals surface area contributed by atoms with Crippen LogP contribution in [0.15, 0.2) is 40.8 Å². The zero-order chi connectivity index (χ0) is 11.5. The van der Waals surface area contributed by atoms with Gasteiger partial charge in [0.15, 0.2) is 0 Å². The maximum atomic E-state index is 13.4. The van der Waals surface area contributed by atoms with E-state index in [-0.39, 0.29) is 6.42 Å². The number of hydrogen-bond acceptors (Lipinski definition) is 2. The van der Waals surface area contributed by atoms with E-state index in [0.717, 1.165) is 0 Å². The van der Waals surface area contributed by atoms with E-state index in [2.05, 4.69) is 0 Å². The minimum absolute atomic E-state index is 0.200. The van der Waals surface area contributed by atoms with Gasteiger partial charge in [0.2, 0.25) is 0 Å². The zero-order valence-corrected chi connectivity index (χ0v) is 8.31. The molecular formula is C12H9FO3. The van der Waals surface area contributed by atoms with Crippen LogP contribution < -0.4 is 0 Å². The van der Waals surface area contributed by atoms with Gasteiger partial charge in [0.25, 0.3) is 0 Å². The molecule has 0 aliphatic rings. The molecule has 0 atom stereocenters. The molecule has 0 bridgehead atoms. The van der Waals surface area contributed by atoms with E-state index in [1.165, 1.54) is 12.1 Å². The average Bonchev–Trinajstić information content (AvgIpc) is 2.66. The van der Waals surface area contributed by atoms with Crippen LogP contribution in [0.4, 0.5) is 4.39 Å². The first-order valence-electron chi connectivity index (χ1n) is 4.72. The Hall–Kier alpha value is -2.10. The molecule has 82 valence electrons. The third-order valence-electron chi connectivity index (χ3n) is 2.13. The molecule has 0 saturated heterocycles. The lowest BCUT2D eigenvalue weighted by atomic mass is 10.1. The second-order valence-electron chi connectivity index (χ2n) is 3.32. The summed E-state index contributed by atoms with van der Waals surface area (Å²) in [5.41, 5.74) is 0.333. The maximum Gasteiger partial charge on any atom is 0.311 e. The van der Waals surface area contributed by atoms with Crippen molar-refractivity contribution in [2.45, 2.75) is 6.42 Å². The smallest absolute Gasteiger partial charge is 0.311 e. The van der Waals surface area contributed by atoms with Gasteiger partial charge in [-0.3, -0.25) is 4.79 Å². The summed E-state index contributed by atoms with van der Waals surface area (Å²) in [6, 6.07) is 9.29. The molecule has 0 aliphatic carbocycles. The van der Waals surface area contributed by atoms with Crippen molar-refractivity contribution < 1.29 is 18.7 Å². The SMILES string of the molecule is O=C(O)Cc1ccc(-c2ccccc2F)o1. The van der Waals surface area contributed by atoms with Crippen LogP contribution in [0.2, 0.25) is 0 Å². The van der Waals surface area contributed by atoms with E-state index in [1.54, 1.807) is 24.3 Å². The maximum absolute atomic E-state index is 13.4. The first-order chi connectivity index (χ1) is 7.66. The normalized spacial score (nSPS) is 10.3. The largest absolute Gasteiger partial charge is 0.481 e. The summed E-state index contributed by atoms with van der Waals surface area (Å²) in [7, 11) is 0. The van der Waals surface area contributed by atoms with E-state index in [4.69, 9.17) is 9.52 Å². The van der Waals surface area contributed by atoms with Crippen LogP contribution in [0.3, 0.4) is 0 Å². The van der Waals surface area contributed by atoms with Crippen LogP contribution in [0.5, 0.6) is 0 Å². The van der Waals surface area contributed by atoms with Gasteiger partial charge in [0.05, 0.1) is 5.56 Å². The minimum atomic E-state index is -0.977. The average molecular weight is 220 g/mol. The first kappa shape index (κ1) is 10.4. The van der Waals surface area contributed by atoms with Gasteiger partial charge in [-0.15, -0.1) is 0 Å². The summed E-state index contributed by atoms with van der Waals surface area (Å²) in [5.74, 6) is -0.715. The number of carboxylic acids is 1. The highest BCUT2D eigenvalue weighted by atomic mass is 19.1. The Labute approximate surface area is 91.1 Å². The lowest BCUT2D eigenvalue weighted by Crippen LogP contribution is -1.97. The lowest BCUT2D eigenvalue weighted by Gasteiger charge is -1.98. The molecule has 1 aromatic carbocycles. The summed E-state index contributed by atoms with van der Waals surface area (Å²) in [5, 5.41) is 8.57. The monoisotopic (exact) mass is 220 g/mol. The number of carbonyl (C=O) groups is 1. The van der Waals surface area contributed by atoms with Crippen LogP contribution in [-0.4, -0.2) is 11.1 Å². The van der Waals surface area contributed by atoms with E-state index in [9.17, 15) is 9.18 Å². The molecular weight excluding hydrogens is 211 g/mol. The third-order valence-corrected chi connectivity index (χ3v) is 2.13. The fourth-order valence-corrected chi connectivity index (χ4v) is 1.43. The van der Waals surface area contributed by atoms with Crippen molar-refractivity contribution in [2.24, 2.45) is 0 Å². The quantitative estimate of drug-likeness (QED) is 0.865. The predicted molar refractivity (Wildman–Crippen MR) is 55.4 cm³/mol. The molecule has 0 radical (unpaired) electrons. The second-order valence-corrected chi connectivity index (χ2v) is 3.32. The van der Waals surface area contributed by atoms with Crippen LogP contribution in [0.25, 0.3) is 11.3 Å². The summed E-state index contributed by atoms with van der Waals surface area (Å²) in [4.78, 5) is 10.4. The molecule has 0 unspecified atom stereocenters. The molecule has 0 amide bonds. The van der Waals surface area contributed by atoms with Crippen molar-refractivity contribution in [3.8, 4) is 11.3 Å². The van der Waals surface area contributed by atoms with Crippen molar-refractivity contribution in [1.29, 1.82) is 0 Å². The Morgan fingerprint density at radius 3 is 2.69 bits per heavy atom. The van der Waals surface area contributed by atoms with Crippen molar-refractivity contribution in [3.05, 3.63) is 48.0 Å². The van der Waals surface area contributed by atoms with Gasteiger partial charge in [0, 0.05) is 0 Å². The van der Waals surface area contributed by atoms with E-state index >= 15 is 0 Å². The fraction of sp³-hybridized carbons (Fsp3) is 0.0833. The molecule has 2 rings (SSSR count). The Balaban J connectivity index is 2.32. The third kappa shape index (κ3) is 2.11. The first-order valence-corrected chi connectivity index (χ1v) is 4.72. The summed E-state index contributed by atoms with van der Waals surface area (Å²) >= 11 is 0. The molecule has 1 N–H and O–H groups in total. The molecule has 16 heavy (non-hydrogen) atoms. The van der Waals surface area contributed by atoms with Crippen LogP contribution in [-0.2, 0) is 11.2 Å². The van der Waals surface area contributed by atoms with Crippen LogP contribution in [0, 0.1) is 5.82 Å². The standard InChI is InChI=1S/C12H9FO3/c13-10-4-2-1-3-9(10)11-6-5-8(16-11)7-12(14)15/h1-6H,7H2,(H,14,15). The Morgan fingerprint density at radius 1 is 1.25 bits per heavy atom. The Bertz CT molecular complexity index is 516. The number of aliphatic carboxylic acids is 1. The van der Waals surface area contributed by atoms with Crippen molar-refractivity contribution >= 4 is 5.97 Å². The molecule has 0 aliphatic heterocycles. The molecule has 0 spiro atoms. The number of carboxylic acid groups (broad SMARTS) is 1. The van der Waals surface area contributed by atoms with Gasteiger partial charge in [-0.1, -0.05) is 12.1 Å². The molecule has 0 fully saturated rings. The van der Waals surface area contributed by atoms with Crippen LogP contribution >= 0.6 is 0 Å². The number of furan rings is 1. The predicted octanol–water partition coefficient (Wildman–Crippen LogP) is 2.71. The number of rotatable bonds is 3. The number of benzene rings is 1. The minimum Gasteiger partial charge on any atom is -0.481 e. The highest BCUT2D eigenvalue weighted by molar-refractivity contribution is 5.69. The fourth-order valence-electron chi connectivity index (χ4n) is 1.43. The van der Waals surface area contributed by atoms with Gasteiger partial charge in [-0.2, -0.15) is 0 Å². The van der Waals surface area contributed by atoms with Gasteiger partial charge < -0.3 is 9.52 Å². The topological polar surface area (TPSA) is 50.4 Å². The highest BCUT2D eigenvalue weighted by Gasteiger charge is 2.10. The lowest BCUT2D eigenvalue weighted by molar-refractivity contribution is -0.136. The molecule has 0 saturated carbocycles. The van der Waals surface area contributed by atoms with Gasteiger partial charge in [-0.05, 0) is 24.3 Å². The number of hydrogen-bond donors (Lipinski definition) is 1. The van der Waals surface area contributed by atoms with Gasteiger partial charge in [0.1, 0.15) is 23.8 Å². The van der Waals surface area contributed by atoms with E-state index in [1.807, 2.05) is 0 Å². The summed E-state index contributed by atoms with van der Waals surface area (Å²) < 4.78 is 18.6. The van der Waals surface area contributed by atoms with E-state index < -0.39 is 11.8 Å². The number of halogens is 1. The van der Waals surface area contributed by atoms with Crippen molar-refractivity contribution in [3.63, 3.8) is 0 Å². The Morgan fingerprint density at radius 2 is 2.00 bits per heavy atom. The summed E-state index contributed by atoms with van der Waals surface area (Å²) in [6.07, 6.45) is -0.200. The second kappa shape index (κ2) is 4.18. The van der Waals surface area contributed by atoms with E-state index in [0.29, 0.717) is 17.1 Å². The van der Waals surface area contributed by atoms with Gasteiger partial charge >= 0.3 is 5.97 Å². The van der Waals surface area contributed by atoms with Crippen LogP contribution in [0.1, 0.15) is 5.76 Å². The van der Waals surface area contributed by atoms with Gasteiger partial charge in [-0.25, -0.2) is 4.39 Å². The zero-order valence-electron chi connectivity index (χ0n) is 8.31. The molecule has 2 aromatic rings. The highest BCUT2D eigenvalue weighted by Crippen LogP contribution is 2.24. The van der Waals surface area contributed by atoms with Crippen molar-refractivity contribution in [1.82, 2.24) is 0 Å². The Kier molecular flexibility index (Phi) is 2.72. The molecule has 1 aromatic heterocycles. The van der Waals surface area contributed by atoms with Crippen molar-refractivity contribution in [2.75, 3.05) is 0 Å². The molecule has 3 nitrogen and oxygen atoms in total.